The summed E-state index contributed by atoms with van der Waals surface area (Å²) in [6.45, 7) is 1.53. The number of benzene rings is 3. The zero-order valence-electron chi connectivity index (χ0n) is 21.2. The van der Waals surface area contributed by atoms with E-state index < -0.39 is 0 Å². The molecule has 0 radical (unpaired) electrons. The number of aryl methyl sites for hydroxylation is 1. The first-order chi connectivity index (χ1) is 17.5. The number of nitro groups is 1. The minimum absolute atomic E-state index is 0.00616. The van der Waals surface area contributed by atoms with Crippen LogP contribution >= 0.6 is 0 Å². The van der Waals surface area contributed by atoms with Gasteiger partial charge in [-0.2, -0.15) is 0 Å². The molecule has 1 aliphatic rings. The number of rotatable bonds is 10. The maximum absolute atomic E-state index is 12.2. The fourth-order valence-electron chi connectivity index (χ4n) is 4.99. The van der Waals surface area contributed by atoms with Crippen LogP contribution in [0, 0.1) is 10.1 Å². The van der Waals surface area contributed by atoms with Gasteiger partial charge in [0, 0.05) is 6.54 Å². The summed E-state index contributed by atoms with van der Waals surface area (Å²) in [4.78, 5) is 14.2. The van der Waals surface area contributed by atoms with Gasteiger partial charge in [-0.25, -0.2) is 0 Å². The Morgan fingerprint density at radius 1 is 0.861 bits per heavy atom. The van der Waals surface area contributed by atoms with Gasteiger partial charge >= 0.3 is 0 Å². The van der Waals surface area contributed by atoms with Crippen LogP contribution in [0.25, 0.3) is 0 Å². The lowest BCUT2D eigenvalue weighted by atomic mass is 9.86. The van der Waals surface area contributed by atoms with Crippen LogP contribution in [0.1, 0.15) is 34.7 Å². The lowest BCUT2D eigenvalue weighted by Gasteiger charge is -2.38. The van der Waals surface area contributed by atoms with E-state index in [1.807, 2.05) is 30.3 Å². The molecule has 0 unspecified atom stereocenters. The van der Waals surface area contributed by atoms with Crippen molar-refractivity contribution in [1.82, 2.24) is 4.90 Å². The zero-order valence-corrected chi connectivity index (χ0v) is 21.2. The van der Waals surface area contributed by atoms with E-state index >= 15 is 0 Å². The molecule has 0 aliphatic carbocycles. The molecule has 1 heterocycles. The van der Waals surface area contributed by atoms with E-state index in [9.17, 15) is 10.1 Å². The third-order valence-electron chi connectivity index (χ3n) is 6.75. The van der Waals surface area contributed by atoms with Gasteiger partial charge in [-0.3, -0.25) is 15.0 Å². The number of hydrogen-bond donors (Lipinski definition) is 0. The first kappa shape index (κ1) is 25.3. The predicted molar refractivity (Wildman–Crippen MR) is 138 cm³/mol. The van der Waals surface area contributed by atoms with Crippen LogP contribution in [0.15, 0.2) is 54.6 Å². The highest BCUT2D eigenvalue weighted by Gasteiger charge is 2.35. The molecule has 36 heavy (non-hydrogen) atoms. The van der Waals surface area contributed by atoms with Gasteiger partial charge in [0.1, 0.15) is 0 Å². The average Bonchev–Trinajstić information content (AvgIpc) is 2.91. The first-order valence-electron chi connectivity index (χ1n) is 11.9. The molecular weight excluding hydrogens is 460 g/mol. The molecule has 0 saturated heterocycles. The molecule has 0 saturated carbocycles. The molecule has 0 bridgehead atoms. The van der Waals surface area contributed by atoms with Crippen molar-refractivity contribution in [3.05, 3.63) is 87.0 Å². The molecule has 0 fully saturated rings. The topological polar surface area (TPSA) is 83.3 Å². The van der Waals surface area contributed by atoms with Crippen molar-refractivity contribution >= 4 is 5.69 Å². The Bertz CT molecular complexity index is 1210. The SMILES string of the molecule is COc1cc2c(cc1OC)[C@H](c1cc(OC)c(OC)cc1[N+](=O)[O-])N(CCCc1ccccc1)CC2. The number of nitro benzene ring substituents is 1. The van der Waals surface area contributed by atoms with Crippen molar-refractivity contribution < 1.29 is 23.9 Å². The van der Waals surface area contributed by atoms with E-state index in [0.29, 0.717) is 28.6 Å². The molecule has 3 aromatic carbocycles. The van der Waals surface area contributed by atoms with Gasteiger partial charge in [0.25, 0.3) is 5.69 Å². The highest BCUT2D eigenvalue weighted by atomic mass is 16.6. The molecule has 0 amide bonds. The molecule has 1 atom stereocenters. The lowest BCUT2D eigenvalue weighted by molar-refractivity contribution is -0.386. The molecule has 3 aromatic rings. The monoisotopic (exact) mass is 492 g/mol. The van der Waals surface area contributed by atoms with Crippen LogP contribution in [-0.4, -0.2) is 51.4 Å². The van der Waals surface area contributed by atoms with Gasteiger partial charge in [-0.1, -0.05) is 30.3 Å². The summed E-state index contributed by atoms with van der Waals surface area (Å²) in [5, 5.41) is 12.2. The first-order valence-corrected chi connectivity index (χ1v) is 11.9. The van der Waals surface area contributed by atoms with Crippen LogP contribution in [0.3, 0.4) is 0 Å². The molecule has 4 rings (SSSR count). The Balaban J connectivity index is 1.81. The van der Waals surface area contributed by atoms with Gasteiger partial charge in [0.2, 0.25) is 0 Å². The lowest BCUT2D eigenvalue weighted by Crippen LogP contribution is -2.37. The Morgan fingerprint density at radius 2 is 1.44 bits per heavy atom. The maximum atomic E-state index is 12.2. The molecule has 8 nitrogen and oxygen atoms in total. The quantitative estimate of drug-likeness (QED) is 0.284. The summed E-state index contributed by atoms with van der Waals surface area (Å²) < 4.78 is 22.0. The summed E-state index contributed by atoms with van der Waals surface area (Å²) in [6.07, 6.45) is 2.65. The highest BCUT2D eigenvalue weighted by molar-refractivity contribution is 5.60. The van der Waals surface area contributed by atoms with Crippen LogP contribution in [-0.2, 0) is 12.8 Å². The largest absolute Gasteiger partial charge is 0.493 e. The van der Waals surface area contributed by atoms with Crippen molar-refractivity contribution in [3.8, 4) is 23.0 Å². The Hall–Kier alpha value is -3.78. The summed E-state index contributed by atoms with van der Waals surface area (Å²) in [5.41, 5.74) is 3.88. The van der Waals surface area contributed by atoms with E-state index in [2.05, 4.69) is 17.0 Å². The molecule has 0 N–H and O–H groups in total. The minimum atomic E-state index is -0.357. The Morgan fingerprint density at radius 3 is 2.06 bits per heavy atom. The standard InChI is InChI=1S/C28H32N2O6/c1-33-24-15-20-12-14-29(13-8-11-19-9-6-5-7-10-19)28(21(20)16-25(24)34-2)22-17-26(35-3)27(36-4)18-23(22)30(31)32/h5-7,9-10,15-18,28H,8,11-14H2,1-4H3/t28-/m1/s1. The summed E-state index contributed by atoms with van der Waals surface area (Å²) >= 11 is 0. The smallest absolute Gasteiger partial charge is 0.278 e. The van der Waals surface area contributed by atoms with Gasteiger partial charge in [-0.15, -0.1) is 0 Å². The summed E-state index contributed by atoms with van der Waals surface area (Å²) in [6, 6.07) is 17.1. The summed E-state index contributed by atoms with van der Waals surface area (Å²) in [5.74, 6) is 2.02. The van der Waals surface area contributed by atoms with Crippen molar-refractivity contribution in [3.63, 3.8) is 0 Å². The average molecular weight is 493 g/mol. The summed E-state index contributed by atoms with van der Waals surface area (Å²) in [7, 11) is 6.22. The zero-order chi connectivity index (χ0) is 25.7. The molecule has 1 aliphatic heterocycles. The van der Waals surface area contributed by atoms with Crippen molar-refractivity contribution in [1.29, 1.82) is 0 Å². The third-order valence-corrected chi connectivity index (χ3v) is 6.75. The Labute approximate surface area is 211 Å². The predicted octanol–water partition coefficient (Wildman–Crippen LogP) is 5.21. The fourth-order valence-corrected chi connectivity index (χ4v) is 4.99. The molecule has 0 spiro atoms. The Kier molecular flexibility index (Phi) is 7.95. The van der Waals surface area contributed by atoms with Crippen molar-refractivity contribution in [2.45, 2.75) is 25.3 Å². The van der Waals surface area contributed by atoms with Gasteiger partial charge in [-0.05, 0) is 60.7 Å². The second-order valence-electron chi connectivity index (χ2n) is 8.71. The number of methoxy groups -OCH3 is 4. The molecule has 8 heteroatoms. The minimum Gasteiger partial charge on any atom is -0.493 e. The highest BCUT2D eigenvalue weighted by Crippen LogP contribution is 2.46. The van der Waals surface area contributed by atoms with Gasteiger partial charge in [0.05, 0.1) is 51.0 Å². The van der Waals surface area contributed by atoms with E-state index in [-0.39, 0.29) is 16.7 Å². The van der Waals surface area contributed by atoms with Crippen LogP contribution in [0.4, 0.5) is 5.69 Å². The van der Waals surface area contributed by atoms with Crippen LogP contribution in [0.5, 0.6) is 23.0 Å². The fraction of sp³-hybridized carbons (Fsp3) is 0.357. The second-order valence-corrected chi connectivity index (χ2v) is 8.71. The van der Waals surface area contributed by atoms with Crippen LogP contribution < -0.4 is 18.9 Å². The number of hydrogen-bond acceptors (Lipinski definition) is 7. The number of fused-ring (bicyclic) bond motifs is 1. The number of nitrogens with zero attached hydrogens (tertiary/aromatic N) is 2. The van der Waals surface area contributed by atoms with E-state index in [0.717, 1.165) is 43.5 Å². The van der Waals surface area contributed by atoms with Crippen LogP contribution in [0.2, 0.25) is 0 Å². The van der Waals surface area contributed by atoms with Gasteiger partial charge < -0.3 is 18.9 Å². The maximum Gasteiger partial charge on any atom is 0.278 e. The second kappa shape index (κ2) is 11.3. The van der Waals surface area contributed by atoms with E-state index in [4.69, 9.17) is 18.9 Å². The molecular formula is C28H32N2O6. The number of ether oxygens (including phenoxy) is 4. The van der Waals surface area contributed by atoms with Crippen molar-refractivity contribution in [2.75, 3.05) is 41.5 Å². The van der Waals surface area contributed by atoms with Crippen molar-refractivity contribution in [2.24, 2.45) is 0 Å². The molecule has 0 aromatic heterocycles. The molecule has 190 valence electrons. The van der Waals surface area contributed by atoms with E-state index in [1.165, 1.54) is 25.8 Å². The van der Waals surface area contributed by atoms with Gasteiger partial charge in [0.15, 0.2) is 23.0 Å². The van der Waals surface area contributed by atoms with E-state index in [1.54, 1.807) is 20.3 Å². The normalized spacial score (nSPS) is 15.2. The third kappa shape index (κ3) is 5.09.